The van der Waals surface area contributed by atoms with Gasteiger partial charge >= 0.3 is 0 Å². The van der Waals surface area contributed by atoms with Crippen LogP contribution in [0.2, 0.25) is 0 Å². The van der Waals surface area contributed by atoms with Gasteiger partial charge in [0.1, 0.15) is 5.76 Å². The van der Waals surface area contributed by atoms with Gasteiger partial charge in [-0.2, -0.15) is 8.42 Å². The number of nitrogens with one attached hydrogen (secondary N) is 1. The van der Waals surface area contributed by atoms with Crippen LogP contribution in [0.25, 0.3) is 27.4 Å². The summed E-state index contributed by atoms with van der Waals surface area (Å²) < 4.78 is 34.0. The fourth-order valence-electron chi connectivity index (χ4n) is 4.46. The van der Waals surface area contributed by atoms with Crippen LogP contribution in [0.4, 0.5) is 11.4 Å². The first-order chi connectivity index (χ1) is 18.7. The van der Waals surface area contributed by atoms with Crippen molar-refractivity contribution in [2.24, 2.45) is 0 Å². The molecule has 0 amide bonds. The van der Waals surface area contributed by atoms with Crippen LogP contribution in [0.1, 0.15) is 6.92 Å². The summed E-state index contributed by atoms with van der Waals surface area (Å²) in [4.78, 5) is 35.4. The molecule has 1 heterocycles. The van der Waals surface area contributed by atoms with Gasteiger partial charge in [-0.25, -0.2) is 9.87 Å². The zero-order valence-corrected chi connectivity index (χ0v) is 22.3. The quantitative estimate of drug-likeness (QED) is 0.0929. The van der Waals surface area contributed by atoms with Crippen LogP contribution in [0.3, 0.4) is 0 Å². The van der Waals surface area contributed by atoms with Gasteiger partial charge in [0.25, 0.3) is 15.7 Å². The Morgan fingerprint density at radius 3 is 2.38 bits per heavy atom. The van der Waals surface area contributed by atoms with E-state index in [2.05, 4.69) is 24.4 Å². The highest BCUT2D eigenvalue weighted by Crippen LogP contribution is 2.35. The lowest BCUT2D eigenvalue weighted by molar-refractivity contribution is -0.447. The Balaban J connectivity index is 1.84. The van der Waals surface area contributed by atoms with Gasteiger partial charge in [-0.15, -0.1) is 4.33 Å². The summed E-state index contributed by atoms with van der Waals surface area (Å²) in [5, 5.41) is 20.0. The minimum absolute atomic E-state index is 0.0105. The third-order valence-electron chi connectivity index (χ3n) is 6.10. The topological polar surface area (TPSA) is 150 Å². The molecule has 0 saturated heterocycles. The Labute approximate surface area is 224 Å². The third-order valence-corrected chi connectivity index (χ3v) is 8.01. The number of benzene rings is 3. The van der Waals surface area contributed by atoms with Crippen molar-refractivity contribution < 1.29 is 32.0 Å². The molecule has 1 aliphatic heterocycles. The summed E-state index contributed by atoms with van der Waals surface area (Å²) in [7, 11) is -1.75. The first kappa shape index (κ1) is 26.7. The van der Waals surface area contributed by atoms with E-state index >= 15 is 0 Å². The molecular formula is C26H20N2O9S2. The SMILES string of the molecule is COOOSc1cc(S(=O)(=O)OC)ccc1Nc1ccc2nc(=O)c(=C(C)O)c3c4ccccc4c(=O)c1c2=3. The number of nitrogens with zero attached hydrogens (tertiary/aromatic N) is 1. The van der Waals surface area contributed by atoms with Gasteiger partial charge in [-0.05, 0) is 42.6 Å². The van der Waals surface area contributed by atoms with Gasteiger partial charge in [0, 0.05) is 15.8 Å². The first-order valence-electron chi connectivity index (χ1n) is 11.3. The monoisotopic (exact) mass is 568 g/mol. The summed E-state index contributed by atoms with van der Waals surface area (Å²) in [5.41, 5.74) is 0.0627. The van der Waals surface area contributed by atoms with Crippen molar-refractivity contribution in [3.05, 3.63) is 90.8 Å². The van der Waals surface area contributed by atoms with E-state index in [4.69, 9.17) is 4.33 Å². The molecule has 0 radical (unpaired) electrons. The number of aromatic nitrogens is 1. The Kier molecular flexibility index (Phi) is 7.11. The van der Waals surface area contributed by atoms with E-state index in [1.54, 1.807) is 36.4 Å². The molecule has 3 aromatic carbocycles. The van der Waals surface area contributed by atoms with Crippen molar-refractivity contribution in [2.45, 2.75) is 16.7 Å². The normalized spacial score (nSPS) is 12.9. The molecular weight excluding hydrogens is 548 g/mol. The minimum atomic E-state index is -4.02. The Hall–Kier alpha value is -3.85. The molecule has 2 N–H and O–H groups in total. The van der Waals surface area contributed by atoms with Crippen LogP contribution in [-0.2, 0) is 28.6 Å². The predicted molar refractivity (Wildman–Crippen MR) is 144 cm³/mol. The summed E-state index contributed by atoms with van der Waals surface area (Å²) in [6, 6.07) is 14.1. The average molecular weight is 569 g/mol. The highest BCUT2D eigenvalue weighted by atomic mass is 32.2. The maximum atomic E-state index is 13.8. The molecule has 3 aromatic rings. The third kappa shape index (κ3) is 4.65. The molecule has 0 saturated carbocycles. The number of rotatable bonds is 8. The van der Waals surface area contributed by atoms with Crippen molar-refractivity contribution in [3.8, 4) is 0 Å². The molecule has 2 aliphatic rings. The number of aliphatic hydroxyl groups is 1. The number of fused-ring (bicyclic) bond motifs is 2. The van der Waals surface area contributed by atoms with E-state index < -0.39 is 15.7 Å². The van der Waals surface area contributed by atoms with Crippen molar-refractivity contribution in [1.29, 1.82) is 0 Å². The van der Waals surface area contributed by atoms with E-state index in [1.807, 2.05) is 0 Å². The number of aliphatic hydroxyl groups excluding tert-OH is 1. The van der Waals surface area contributed by atoms with E-state index in [0.717, 1.165) is 7.11 Å². The fraction of sp³-hybridized carbons (Fsp3) is 0.115. The largest absolute Gasteiger partial charge is 0.512 e. The van der Waals surface area contributed by atoms with E-state index in [0.29, 0.717) is 44.6 Å². The highest BCUT2D eigenvalue weighted by molar-refractivity contribution is 7.94. The first-order valence-corrected chi connectivity index (χ1v) is 13.4. The fourth-order valence-corrected chi connectivity index (χ4v) is 5.77. The summed E-state index contributed by atoms with van der Waals surface area (Å²) >= 11 is 0.659. The second-order valence-electron chi connectivity index (χ2n) is 8.30. The molecule has 13 heteroatoms. The molecule has 0 atom stereocenters. The summed E-state index contributed by atoms with van der Waals surface area (Å²) in [5.74, 6) is -0.221. The maximum absolute atomic E-state index is 13.8. The van der Waals surface area contributed by atoms with Crippen LogP contribution < -0.4 is 21.5 Å². The molecule has 11 nitrogen and oxygen atoms in total. The summed E-state index contributed by atoms with van der Waals surface area (Å²) in [6.45, 7) is 1.39. The minimum Gasteiger partial charge on any atom is -0.512 e. The van der Waals surface area contributed by atoms with Gasteiger partial charge in [-0.1, -0.05) is 29.3 Å². The average Bonchev–Trinajstić information content (AvgIpc) is 2.92. The maximum Gasteiger partial charge on any atom is 0.296 e. The van der Waals surface area contributed by atoms with Crippen molar-refractivity contribution in [1.82, 2.24) is 4.98 Å². The Morgan fingerprint density at radius 2 is 1.69 bits per heavy atom. The molecule has 0 aromatic heterocycles. The lowest BCUT2D eigenvalue weighted by Gasteiger charge is -2.15. The van der Waals surface area contributed by atoms with Crippen LogP contribution in [0.5, 0.6) is 0 Å². The van der Waals surface area contributed by atoms with Crippen LogP contribution in [-0.4, -0.2) is 32.7 Å². The zero-order valence-electron chi connectivity index (χ0n) is 20.7. The smallest absolute Gasteiger partial charge is 0.296 e. The molecule has 5 rings (SSSR count). The van der Waals surface area contributed by atoms with Gasteiger partial charge in [0.05, 0.1) is 63.5 Å². The summed E-state index contributed by atoms with van der Waals surface area (Å²) in [6.07, 6.45) is 0. The van der Waals surface area contributed by atoms with Gasteiger partial charge in [-0.3, -0.25) is 13.8 Å². The van der Waals surface area contributed by atoms with E-state index in [-0.39, 0.29) is 37.1 Å². The standard InChI is InChI=1S/C26H20N2O9S2/c1-13(29)21-22-15-6-4-5-7-16(15)25(30)24-19(11-10-18(23(22)24)28-26(21)31)27-17-9-8-14(39(32,33)35-3)12-20(17)38-37-36-34-2/h4-12,27,29H,1-3H3. The molecule has 0 bridgehead atoms. The second kappa shape index (κ2) is 10.4. The Bertz CT molecular complexity index is 2080. The number of hydrogen-bond donors (Lipinski definition) is 2. The van der Waals surface area contributed by atoms with Gasteiger partial charge < -0.3 is 10.4 Å². The van der Waals surface area contributed by atoms with Crippen molar-refractivity contribution in [2.75, 3.05) is 19.5 Å². The zero-order chi connectivity index (χ0) is 27.9. The molecule has 0 unspecified atom stereocenters. The van der Waals surface area contributed by atoms with E-state index in [9.17, 15) is 23.1 Å². The highest BCUT2D eigenvalue weighted by Gasteiger charge is 2.20. The lowest BCUT2D eigenvalue weighted by Crippen LogP contribution is -2.32. The van der Waals surface area contributed by atoms with Crippen LogP contribution >= 0.6 is 12.0 Å². The van der Waals surface area contributed by atoms with Crippen molar-refractivity contribution >= 4 is 61.0 Å². The van der Waals surface area contributed by atoms with Crippen molar-refractivity contribution in [3.63, 3.8) is 0 Å². The van der Waals surface area contributed by atoms with E-state index in [1.165, 1.54) is 32.2 Å². The number of hydrogen-bond acceptors (Lipinski definition) is 12. The van der Waals surface area contributed by atoms with Crippen LogP contribution in [0.15, 0.2) is 74.0 Å². The second-order valence-corrected chi connectivity index (χ2v) is 10.8. The van der Waals surface area contributed by atoms with Gasteiger partial charge in [0.15, 0.2) is 5.43 Å². The van der Waals surface area contributed by atoms with Crippen LogP contribution in [0, 0.1) is 10.4 Å². The molecule has 1 aliphatic carbocycles. The van der Waals surface area contributed by atoms with Gasteiger partial charge in [0.2, 0.25) is 0 Å². The number of anilines is 2. The Morgan fingerprint density at radius 1 is 0.974 bits per heavy atom. The lowest BCUT2D eigenvalue weighted by atomic mass is 9.97. The molecule has 39 heavy (non-hydrogen) atoms. The predicted octanol–water partition coefficient (Wildman–Crippen LogP) is 3.27. The molecule has 0 spiro atoms. The molecule has 0 fully saturated rings. The molecule has 200 valence electrons.